The molecule has 15 atom stereocenters. The molecule has 0 bridgehead atoms. The molecule has 0 aliphatic carbocycles. The lowest BCUT2D eigenvalue weighted by atomic mass is 9.96. The van der Waals surface area contributed by atoms with Crippen molar-refractivity contribution in [1.29, 1.82) is 0 Å². The summed E-state index contributed by atoms with van der Waals surface area (Å²) in [5.41, 5.74) is 0. The van der Waals surface area contributed by atoms with Gasteiger partial charge in [0.25, 0.3) is 11.8 Å². The van der Waals surface area contributed by atoms with E-state index >= 15 is 0 Å². The number of nitrogens with one attached hydrogen (secondary N) is 1. The predicted molar refractivity (Wildman–Crippen MR) is 159 cm³/mol. The van der Waals surface area contributed by atoms with E-state index in [0.29, 0.717) is 5.06 Å². The molecule has 3 amide bonds. The van der Waals surface area contributed by atoms with E-state index in [1.165, 1.54) is 0 Å². The zero-order valence-electron chi connectivity index (χ0n) is 27.6. The quantitative estimate of drug-likeness (QED) is 0.0514. The van der Waals surface area contributed by atoms with Crippen LogP contribution in [0.5, 0.6) is 0 Å². The van der Waals surface area contributed by atoms with E-state index in [0.717, 1.165) is 0 Å². The molecule has 23 heteroatoms. The van der Waals surface area contributed by atoms with Crippen LogP contribution in [0.25, 0.3) is 0 Å². The van der Waals surface area contributed by atoms with Gasteiger partial charge in [-0.25, -0.2) is 4.79 Å². The Hall–Kier alpha value is -2.56. The fraction of sp³-hybridized carbons (Fsp3) is 0.862. The fourth-order valence-corrected chi connectivity index (χ4v) is 5.72. The summed E-state index contributed by atoms with van der Waals surface area (Å²) in [6.07, 6.45) is -26.1. The molecular weight excluding hydrogens is 712 g/mol. The maximum Gasteiger partial charge on any atom is 0.333 e. The average molecular weight is 759 g/mol. The summed E-state index contributed by atoms with van der Waals surface area (Å²) >= 11 is 0. The Bertz CT molecular complexity index is 1190. The molecule has 1 unspecified atom stereocenters. The summed E-state index contributed by atoms with van der Waals surface area (Å²) < 4.78 is 32.9. The normalized spacial score (nSPS) is 39.8. The molecule has 52 heavy (non-hydrogen) atoms. The van der Waals surface area contributed by atoms with Gasteiger partial charge >= 0.3 is 5.97 Å². The number of hydroxylamine groups is 2. The van der Waals surface area contributed by atoms with Crippen molar-refractivity contribution in [1.82, 2.24) is 10.4 Å². The van der Waals surface area contributed by atoms with Gasteiger partial charge in [0.2, 0.25) is 5.91 Å². The van der Waals surface area contributed by atoms with E-state index in [1.54, 1.807) is 0 Å². The molecule has 4 saturated heterocycles. The Kier molecular flexibility index (Phi) is 15.5. The number of nitrogens with zero attached hydrogens (tertiary/aromatic N) is 1. The summed E-state index contributed by atoms with van der Waals surface area (Å²) in [5, 5.41) is 105. The largest absolute Gasteiger partial charge is 0.394 e. The minimum absolute atomic E-state index is 0.0111. The van der Waals surface area contributed by atoms with Gasteiger partial charge in [-0.1, -0.05) is 0 Å². The van der Waals surface area contributed by atoms with Crippen molar-refractivity contribution in [2.45, 2.75) is 124 Å². The second kappa shape index (κ2) is 19.2. The standard InChI is InChI=1S/C29H46N2O21/c32-8-11-18(38)21(41)23(43)27(48-11)47-10-13-20(40)26(51-29-24(44)22(42)19(39)12(9-33)49-29)25(45)28(50-13)46-7-6-30-14(34)2-1-3-17(37)52-31-15(35)4-5-16(31)36/h11-13,18-29,32-33,38-45H,1-10H2,(H,30,34)/t11-,12-,13-,18-,19-,20-,21+,22+,23+,24+,25+,26+,27?,28-,29-/m1/s1. The molecular formula is C29H46N2O21. The molecule has 0 saturated carbocycles. The van der Waals surface area contributed by atoms with Crippen LogP contribution in [0.2, 0.25) is 0 Å². The van der Waals surface area contributed by atoms with Crippen molar-refractivity contribution >= 4 is 23.7 Å². The van der Waals surface area contributed by atoms with Gasteiger partial charge in [-0.3, -0.25) is 14.4 Å². The number of ether oxygens (including phenoxy) is 6. The van der Waals surface area contributed by atoms with Gasteiger partial charge in [0.05, 0.1) is 26.4 Å². The monoisotopic (exact) mass is 758 g/mol. The Balaban J connectivity index is 1.33. The fourth-order valence-electron chi connectivity index (χ4n) is 5.72. The molecule has 11 N–H and O–H groups in total. The molecule has 298 valence electrons. The summed E-state index contributed by atoms with van der Waals surface area (Å²) in [6, 6.07) is 0. The Morgan fingerprint density at radius 1 is 0.673 bits per heavy atom. The summed E-state index contributed by atoms with van der Waals surface area (Å²) in [5.74, 6) is -2.69. The number of hydrogen-bond acceptors (Lipinski definition) is 21. The summed E-state index contributed by atoms with van der Waals surface area (Å²) in [4.78, 5) is 52.1. The highest BCUT2D eigenvalue weighted by Gasteiger charge is 2.52. The minimum Gasteiger partial charge on any atom is -0.394 e. The first-order chi connectivity index (χ1) is 24.7. The smallest absolute Gasteiger partial charge is 0.333 e. The van der Waals surface area contributed by atoms with Gasteiger partial charge in [0.1, 0.15) is 73.2 Å². The van der Waals surface area contributed by atoms with Crippen molar-refractivity contribution < 1.29 is 104 Å². The topological polar surface area (TPSA) is 350 Å². The van der Waals surface area contributed by atoms with Crippen LogP contribution >= 0.6 is 0 Å². The van der Waals surface area contributed by atoms with Crippen LogP contribution in [-0.2, 0) is 52.4 Å². The van der Waals surface area contributed by atoms with Crippen LogP contribution in [0, 0.1) is 0 Å². The third-order valence-electron chi connectivity index (χ3n) is 8.74. The average Bonchev–Trinajstić information content (AvgIpc) is 3.43. The number of aliphatic hydroxyl groups is 10. The van der Waals surface area contributed by atoms with E-state index < -0.39 is 136 Å². The molecule has 0 aromatic rings. The first-order valence-corrected chi connectivity index (χ1v) is 16.5. The maximum absolute atomic E-state index is 12.3. The van der Waals surface area contributed by atoms with Gasteiger partial charge in [-0.15, -0.1) is 5.06 Å². The second-order valence-corrected chi connectivity index (χ2v) is 12.5. The maximum atomic E-state index is 12.3. The number of hydrogen-bond donors (Lipinski definition) is 11. The lowest BCUT2D eigenvalue weighted by Gasteiger charge is -2.46. The van der Waals surface area contributed by atoms with Gasteiger partial charge < -0.3 is 89.6 Å². The van der Waals surface area contributed by atoms with Crippen molar-refractivity contribution in [3.8, 4) is 0 Å². The van der Waals surface area contributed by atoms with Crippen LogP contribution in [0.15, 0.2) is 0 Å². The number of aliphatic hydroxyl groups excluding tert-OH is 10. The lowest BCUT2D eigenvalue weighted by molar-refractivity contribution is -0.366. The zero-order chi connectivity index (χ0) is 38.3. The third kappa shape index (κ3) is 10.1. The molecule has 0 radical (unpaired) electrons. The van der Waals surface area contributed by atoms with Gasteiger partial charge in [0.15, 0.2) is 18.9 Å². The van der Waals surface area contributed by atoms with Crippen LogP contribution in [0.4, 0.5) is 0 Å². The van der Waals surface area contributed by atoms with E-state index in [2.05, 4.69) is 5.32 Å². The molecule has 4 fully saturated rings. The van der Waals surface area contributed by atoms with E-state index in [9.17, 15) is 70.2 Å². The van der Waals surface area contributed by atoms with Gasteiger partial charge in [0, 0.05) is 32.2 Å². The summed E-state index contributed by atoms with van der Waals surface area (Å²) in [7, 11) is 0. The minimum atomic E-state index is -1.93. The highest BCUT2D eigenvalue weighted by atomic mass is 16.8. The Morgan fingerprint density at radius 3 is 1.81 bits per heavy atom. The molecule has 4 aliphatic rings. The molecule has 0 spiro atoms. The van der Waals surface area contributed by atoms with Crippen LogP contribution in [0.1, 0.15) is 32.1 Å². The van der Waals surface area contributed by atoms with Crippen molar-refractivity contribution in [2.75, 3.05) is 33.0 Å². The third-order valence-corrected chi connectivity index (χ3v) is 8.74. The van der Waals surface area contributed by atoms with Gasteiger partial charge in [-0.05, 0) is 6.42 Å². The molecule has 0 aromatic carbocycles. The first kappa shape index (κ1) is 42.2. The number of amides is 3. The van der Waals surface area contributed by atoms with E-state index in [-0.39, 0.29) is 45.3 Å². The highest BCUT2D eigenvalue weighted by Crippen LogP contribution is 2.31. The predicted octanol–water partition coefficient (Wildman–Crippen LogP) is -7.65. The van der Waals surface area contributed by atoms with Crippen molar-refractivity contribution in [2.24, 2.45) is 0 Å². The molecule has 4 rings (SSSR count). The SMILES string of the molecule is O=C(CCCC(=O)ON1C(=O)CCC1=O)NCCO[C@@H]1O[C@H](COC2O[C@H](CO)[C@@H](O)[C@H](O)[C@@H]2O)[C@@H](O)[C@H](O[C@H]2O[C@H](CO)[C@@H](O)[C@H](O)[C@@H]2O)[C@@H]1O. The van der Waals surface area contributed by atoms with Crippen LogP contribution in [0.3, 0.4) is 0 Å². The highest BCUT2D eigenvalue weighted by molar-refractivity contribution is 6.01. The van der Waals surface area contributed by atoms with Crippen molar-refractivity contribution in [3.63, 3.8) is 0 Å². The number of carbonyl (C=O) groups excluding carboxylic acids is 4. The van der Waals surface area contributed by atoms with E-state index in [1.807, 2.05) is 0 Å². The number of imide groups is 1. The first-order valence-electron chi connectivity index (χ1n) is 16.5. The molecule has 0 aromatic heterocycles. The lowest BCUT2D eigenvalue weighted by Crippen LogP contribution is -2.65. The second-order valence-electron chi connectivity index (χ2n) is 12.5. The molecule has 4 heterocycles. The van der Waals surface area contributed by atoms with Gasteiger partial charge in [-0.2, -0.15) is 0 Å². The number of rotatable bonds is 16. The Labute approximate surface area is 295 Å². The zero-order valence-corrected chi connectivity index (χ0v) is 27.6. The van der Waals surface area contributed by atoms with Crippen LogP contribution in [-0.4, -0.2) is 205 Å². The summed E-state index contributed by atoms with van der Waals surface area (Å²) in [6.45, 7) is -2.71. The molecule has 4 aliphatic heterocycles. The van der Waals surface area contributed by atoms with Crippen LogP contribution < -0.4 is 5.32 Å². The Morgan fingerprint density at radius 2 is 1.21 bits per heavy atom. The van der Waals surface area contributed by atoms with Crippen molar-refractivity contribution in [3.05, 3.63) is 0 Å². The van der Waals surface area contributed by atoms with E-state index in [4.69, 9.17) is 33.3 Å². The molecule has 23 nitrogen and oxygen atoms in total. The number of carbonyl (C=O) groups is 4.